The van der Waals surface area contributed by atoms with Crippen molar-refractivity contribution < 1.29 is 22.4 Å². The van der Waals surface area contributed by atoms with E-state index < -0.39 is 10.0 Å². The number of hydrogen-bond acceptors (Lipinski definition) is 6. The maximum atomic E-state index is 13.0. The summed E-state index contributed by atoms with van der Waals surface area (Å²) in [5.41, 5.74) is 2.50. The number of nitrogens with zero attached hydrogens (tertiary/aromatic N) is 1. The highest BCUT2D eigenvalue weighted by Crippen LogP contribution is 2.30. The van der Waals surface area contributed by atoms with Crippen molar-refractivity contribution in [1.82, 2.24) is 4.83 Å². The lowest BCUT2D eigenvalue weighted by Gasteiger charge is -2.14. The standard InChI is InChI=1S/C26H29N3O5S/c1-3-4-17-33-20-15-13-19(14-16-20)27-26(30)25-18(2)24-22(11-8-12-23(24)34-25)28-29-35(31,32)21-9-6-5-7-10-21/h5-7,9-10,13-16,29H,3-4,8,11-12,17H2,1-2H3,(H,27,30)/b28-22+. The van der Waals surface area contributed by atoms with E-state index in [1.165, 1.54) is 12.1 Å². The van der Waals surface area contributed by atoms with Crippen LogP contribution in [-0.4, -0.2) is 26.6 Å². The Kier molecular flexibility index (Phi) is 7.55. The highest BCUT2D eigenvalue weighted by Gasteiger charge is 2.28. The molecule has 0 saturated carbocycles. The van der Waals surface area contributed by atoms with E-state index in [0.717, 1.165) is 25.0 Å². The summed E-state index contributed by atoms with van der Waals surface area (Å²) in [6.07, 6.45) is 4.02. The largest absolute Gasteiger partial charge is 0.494 e. The maximum absolute atomic E-state index is 13.0. The van der Waals surface area contributed by atoms with Crippen LogP contribution in [0, 0.1) is 6.92 Å². The van der Waals surface area contributed by atoms with Crippen LogP contribution in [0.5, 0.6) is 5.75 Å². The van der Waals surface area contributed by atoms with Crippen molar-refractivity contribution in [1.29, 1.82) is 0 Å². The summed E-state index contributed by atoms with van der Waals surface area (Å²) in [6.45, 7) is 4.55. The van der Waals surface area contributed by atoms with Crippen molar-refractivity contribution in [3.05, 3.63) is 77.2 Å². The number of aryl methyl sites for hydroxylation is 1. The second kappa shape index (κ2) is 10.8. The number of unbranched alkanes of at least 4 members (excludes halogenated alkanes) is 1. The van der Waals surface area contributed by atoms with E-state index in [1.54, 1.807) is 37.3 Å². The molecule has 0 spiro atoms. The molecule has 1 aliphatic rings. The van der Waals surface area contributed by atoms with Gasteiger partial charge in [0.05, 0.1) is 17.2 Å². The number of fused-ring (bicyclic) bond motifs is 1. The normalized spacial score (nSPS) is 14.4. The summed E-state index contributed by atoms with van der Waals surface area (Å²) in [6, 6.07) is 15.2. The quantitative estimate of drug-likeness (QED) is 0.319. The van der Waals surface area contributed by atoms with Gasteiger partial charge in [-0.05, 0) is 62.6 Å². The molecular weight excluding hydrogens is 466 g/mol. The molecule has 1 aliphatic carbocycles. The van der Waals surface area contributed by atoms with Crippen molar-refractivity contribution in [2.24, 2.45) is 5.10 Å². The Morgan fingerprint density at radius 3 is 2.54 bits per heavy atom. The van der Waals surface area contributed by atoms with Gasteiger partial charge in [0.2, 0.25) is 0 Å². The third-order valence-corrected chi connectivity index (χ3v) is 6.99. The van der Waals surface area contributed by atoms with Crippen LogP contribution < -0.4 is 14.9 Å². The van der Waals surface area contributed by atoms with Gasteiger partial charge in [-0.1, -0.05) is 31.5 Å². The molecule has 0 unspecified atom stereocenters. The predicted octanol–water partition coefficient (Wildman–Crippen LogP) is 5.04. The molecule has 4 rings (SSSR count). The number of anilines is 1. The van der Waals surface area contributed by atoms with Gasteiger partial charge in [-0.25, -0.2) is 0 Å². The van der Waals surface area contributed by atoms with Gasteiger partial charge < -0.3 is 14.5 Å². The van der Waals surface area contributed by atoms with E-state index >= 15 is 0 Å². The number of carbonyl (C=O) groups is 1. The van der Waals surface area contributed by atoms with Crippen LogP contribution >= 0.6 is 0 Å². The monoisotopic (exact) mass is 495 g/mol. The number of furan rings is 1. The first-order valence-electron chi connectivity index (χ1n) is 11.7. The van der Waals surface area contributed by atoms with E-state index in [9.17, 15) is 13.2 Å². The molecule has 1 amide bonds. The maximum Gasteiger partial charge on any atom is 0.291 e. The lowest BCUT2D eigenvalue weighted by molar-refractivity contribution is 0.0994. The zero-order valence-corrected chi connectivity index (χ0v) is 20.7. The molecule has 9 heteroatoms. The van der Waals surface area contributed by atoms with Gasteiger partial charge in [-0.15, -0.1) is 0 Å². The smallest absolute Gasteiger partial charge is 0.291 e. The van der Waals surface area contributed by atoms with Crippen molar-refractivity contribution in [3.8, 4) is 5.75 Å². The first-order valence-corrected chi connectivity index (χ1v) is 13.2. The molecule has 0 atom stereocenters. The van der Waals surface area contributed by atoms with Gasteiger partial charge >= 0.3 is 0 Å². The lowest BCUT2D eigenvalue weighted by atomic mass is 9.93. The second-order valence-electron chi connectivity index (χ2n) is 8.35. The number of ether oxygens (including phenoxy) is 1. The summed E-state index contributed by atoms with van der Waals surface area (Å²) in [7, 11) is -3.79. The Balaban J connectivity index is 1.50. The van der Waals surface area contributed by atoms with E-state index in [0.29, 0.717) is 47.7 Å². The first kappa shape index (κ1) is 24.5. The Morgan fingerprint density at radius 1 is 1.09 bits per heavy atom. The lowest BCUT2D eigenvalue weighted by Crippen LogP contribution is -2.22. The fourth-order valence-electron chi connectivity index (χ4n) is 3.92. The van der Waals surface area contributed by atoms with Crippen molar-refractivity contribution in [2.45, 2.75) is 50.8 Å². The van der Waals surface area contributed by atoms with E-state index in [4.69, 9.17) is 9.15 Å². The number of carbonyl (C=O) groups excluding carboxylic acids is 1. The Bertz CT molecular complexity index is 1310. The van der Waals surface area contributed by atoms with Crippen LogP contribution in [-0.2, 0) is 16.4 Å². The van der Waals surface area contributed by atoms with Gasteiger partial charge in [-0.2, -0.15) is 18.4 Å². The van der Waals surface area contributed by atoms with Gasteiger partial charge in [0.1, 0.15) is 11.5 Å². The van der Waals surface area contributed by atoms with Crippen LogP contribution in [0.15, 0.2) is 69.0 Å². The zero-order valence-electron chi connectivity index (χ0n) is 19.8. The fraction of sp³-hybridized carbons (Fsp3) is 0.308. The van der Waals surface area contributed by atoms with E-state index in [1.807, 2.05) is 12.1 Å². The predicted molar refractivity (Wildman–Crippen MR) is 134 cm³/mol. The molecule has 2 aromatic carbocycles. The fourth-order valence-corrected chi connectivity index (χ4v) is 4.77. The molecule has 0 radical (unpaired) electrons. The number of sulfonamides is 1. The van der Waals surface area contributed by atoms with E-state index in [2.05, 4.69) is 22.2 Å². The van der Waals surface area contributed by atoms with Gasteiger partial charge in [-0.3, -0.25) is 4.79 Å². The minimum absolute atomic E-state index is 0.131. The molecule has 0 fully saturated rings. The number of benzene rings is 2. The SMILES string of the molecule is CCCCOc1ccc(NC(=O)c2oc3c(c2C)/C(=N/NS(=O)(=O)c2ccccc2)CCC3)cc1. The molecule has 1 heterocycles. The number of hydrogen-bond donors (Lipinski definition) is 2. The number of rotatable bonds is 9. The van der Waals surface area contributed by atoms with Crippen molar-refractivity contribution >= 4 is 27.3 Å². The summed E-state index contributed by atoms with van der Waals surface area (Å²) >= 11 is 0. The molecule has 0 aliphatic heterocycles. The molecule has 8 nitrogen and oxygen atoms in total. The van der Waals surface area contributed by atoms with Crippen LogP contribution in [0.4, 0.5) is 5.69 Å². The minimum Gasteiger partial charge on any atom is -0.494 e. The van der Waals surface area contributed by atoms with Gasteiger partial charge in [0.25, 0.3) is 15.9 Å². The van der Waals surface area contributed by atoms with Crippen LogP contribution in [0.3, 0.4) is 0 Å². The zero-order chi connectivity index (χ0) is 24.8. The molecule has 2 N–H and O–H groups in total. The van der Waals surface area contributed by atoms with Crippen molar-refractivity contribution in [3.63, 3.8) is 0 Å². The van der Waals surface area contributed by atoms with Crippen LogP contribution in [0.1, 0.15) is 60.0 Å². The van der Waals surface area contributed by atoms with Crippen LogP contribution in [0.2, 0.25) is 0 Å². The minimum atomic E-state index is -3.79. The van der Waals surface area contributed by atoms with Crippen LogP contribution in [0.25, 0.3) is 0 Å². The highest BCUT2D eigenvalue weighted by atomic mass is 32.2. The van der Waals surface area contributed by atoms with Gasteiger partial charge in [0.15, 0.2) is 5.76 Å². The average molecular weight is 496 g/mol. The Hall–Kier alpha value is -3.59. The average Bonchev–Trinajstić information content (AvgIpc) is 3.22. The third-order valence-electron chi connectivity index (χ3n) is 5.77. The van der Waals surface area contributed by atoms with Gasteiger partial charge in [0, 0.05) is 23.2 Å². The molecule has 35 heavy (non-hydrogen) atoms. The Morgan fingerprint density at radius 2 is 1.83 bits per heavy atom. The number of hydrazone groups is 1. The third kappa shape index (κ3) is 5.74. The second-order valence-corrected chi connectivity index (χ2v) is 10.0. The van der Waals surface area contributed by atoms with E-state index in [-0.39, 0.29) is 16.6 Å². The molecule has 1 aromatic heterocycles. The Labute approximate surface area is 205 Å². The number of amides is 1. The topological polar surface area (TPSA) is 110 Å². The number of nitrogens with one attached hydrogen (secondary N) is 2. The molecule has 0 saturated heterocycles. The molecule has 184 valence electrons. The highest BCUT2D eigenvalue weighted by molar-refractivity contribution is 7.89. The summed E-state index contributed by atoms with van der Waals surface area (Å²) in [5, 5.41) is 7.06. The molecule has 3 aromatic rings. The summed E-state index contributed by atoms with van der Waals surface area (Å²) < 4.78 is 36.7. The summed E-state index contributed by atoms with van der Waals surface area (Å²) in [5.74, 6) is 1.20. The first-order chi connectivity index (χ1) is 16.9. The summed E-state index contributed by atoms with van der Waals surface area (Å²) in [4.78, 5) is 15.4. The molecule has 0 bridgehead atoms. The van der Waals surface area contributed by atoms with Crippen molar-refractivity contribution in [2.75, 3.05) is 11.9 Å². The molecular formula is C26H29N3O5S.